The largest absolute Gasteiger partial charge is 0.455 e. The number of esters is 2. The van der Waals surface area contributed by atoms with Gasteiger partial charge < -0.3 is 39.4 Å². The summed E-state index contributed by atoms with van der Waals surface area (Å²) in [6.45, 7) is 14.7. The maximum atomic E-state index is 13.1. The summed E-state index contributed by atoms with van der Waals surface area (Å²) in [6.07, 6.45) is 9.86. The van der Waals surface area contributed by atoms with Gasteiger partial charge in [0.1, 0.15) is 24.4 Å². The molecule has 5 heterocycles. The first-order valence-corrected chi connectivity index (χ1v) is 17.5. The Morgan fingerprint density at radius 3 is 1.54 bits per heavy atom. The maximum absolute atomic E-state index is 13.1. The van der Waals surface area contributed by atoms with Crippen molar-refractivity contribution in [3.05, 3.63) is 47.6 Å². The molecule has 48 heavy (non-hydrogen) atoms. The number of carbonyl (C=O) groups is 4. The molecule has 260 valence electrons. The summed E-state index contributed by atoms with van der Waals surface area (Å²) >= 11 is 0. The van der Waals surface area contributed by atoms with Crippen molar-refractivity contribution < 1.29 is 38.1 Å². The second-order valence-electron chi connectivity index (χ2n) is 14.9. The van der Waals surface area contributed by atoms with Crippen LogP contribution in [0.2, 0.25) is 0 Å². The first-order chi connectivity index (χ1) is 23.0. The minimum Gasteiger partial charge on any atom is -0.455 e. The highest BCUT2D eigenvalue weighted by atomic mass is 16.7. The summed E-state index contributed by atoms with van der Waals surface area (Å²) in [5.41, 5.74) is 2.67. The molecule has 0 radical (unpaired) electrons. The summed E-state index contributed by atoms with van der Waals surface area (Å²) < 4.78 is 23.3. The number of rotatable bonds is 4. The van der Waals surface area contributed by atoms with Crippen molar-refractivity contribution in [2.24, 2.45) is 11.8 Å². The number of fused-ring (bicyclic) bond motifs is 6. The zero-order chi connectivity index (χ0) is 33.8. The highest BCUT2D eigenvalue weighted by molar-refractivity contribution is 5.91. The van der Waals surface area contributed by atoms with Crippen molar-refractivity contribution in [1.82, 2.24) is 20.4 Å². The number of ether oxygens (including phenoxy) is 4. The average molecular weight is 665 g/mol. The van der Waals surface area contributed by atoms with Gasteiger partial charge in [-0.2, -0.15) is 0 Å². The summed E-state index contributed by atoms with van der Waals surface area (Å²) in [6, 6.07) is -0.299. The molecule has 0 aromatic carbocycles. The van der Waals surface area contributed by atoms with Gasteiger partial charge in [0.15, 0.2) is 0 Å². The molecule has 0 unspecified atom stereocenters. The van der Waals surface area contributed by atoms with Gasteiger partial charge in [0.2, 0.25) is 0 Å². The molecule has 4 amide bonds. The summed E-state index contributed by atoms with van der Waals surface area (Å²) in [4.78, 5) is 54.3. The van der Waals surface area contributed by atoms with Crippen LogP contribution in [-0.4, -0.2) is 109 Å². The normalized spacial score (nSPS) is 40.0. The summed E-state index contributed by atoms with van der Waals surface area (Å²) in [5.74, 6) is -0.829. The number of nitrogens with zero attached hydrogens (tertiary/aromatic N) is 2. The quantitative estimate of drug-likeness (QED) is 0.201. The Bertz CT molecular complexity index is 1360. The predicted octanol–water partition coefficient (Wildman–Crippen LogP) is 3.53. The zero-order valence-corrected chi connectivity index (χ0v) is 28.1. The Balaban J connectivity index is 0.864. The monoisotopic (exact) mass is 664 g/mol. The number of piperazine rings is 1. The van der Waals surface area contributed by atoms with E-state index in [1.54, 1.807) is 9.80 Å². The lowest BCUT2D eigenvalue weighted by Crippen LogP contribution is -2.55. The molecule has 5 fully saturated rings. The molecule has 12 nitrogen and oxygen atoms in total. The van der Waals surface area contributed by atoms with Gasteiger partial charge in [-0.25, -0.2) is 19.2 Å². The topological polar surface area (TPSA) is 142 Å². The van der Waals surface area contributed by atoms with Crippen molar-refractivity contribution in [2.45, 2.75) is 101 Å². The number of hydrogen-bond acceptors (Lipinski definition) is 8. The van der Waals surface area contributed by atoms with E-state index in [0.717, 1.165) is 62.5 Å². The molecule has 0 spiro atoms. The van der Waals surface area contributed by atoms with Gasteiger partial charge in [-0.05, 0) is 65.2 Å². The van der Waals surface area contributed by atoms with Gasteiger partial charge >= 0.3 is 24.0 Å². The lowest BCUT2D eigenvalue weighted by Gasteiger charge is -2.35. The van der Waals surface area contributed by atoms with Gasteiger partial charge in [0.25, 0.3) is 0 Å². The van der Waals surface area contributed by atoms with E-state index < -0.39 is 0 Å². The van der Waals surface area contributed by atoms with Gasteiger partial charge in [-0.1, -0.05) is 36.5 Å². The molecule has 5 saturated heterocycles. The van der Waals surface area contributed by atoms with E-state index in [1.807, 2.05) is 0 Å². The standard InChI is InChI=1S/C36H48N4O8/c1-21-25-11-9-23(7-5-13-35(3)29(47-35)27(25)45-31(21)41)19-37-33(43)39-15-17-40(18-16-39)34(44)38-20-24-8-6-14-36(4)30(48-36)28-26(12-10-24)22(2)32(42)46-28/h7-8,25-30H,1-2,5-6,9-20H2,3-4H3,(H,37,43)(H,38,44)/b23-7+,24-8+/t25-,26-,27-,28-,29-,30-,35+,36+/m0/s1. The third-order valence-electron chi connectivity index (χ3n) is 11.7. The first-order valence-electron chi connectivity index (χ1n) is 17.5. The van der Waals surface area contributed by atoms with Crippen molar-refractivity contribution in [3.63, 3.8) is 0 Å². The fourth-order valence-corrected chi connectivity index (χ4v) is 8.28. The molecule has 2 N–H and O–H groups in total. The van der Waals surface area contributed by atoms with Crippen molar-refractivity contribution in [3.8, 4) is 0 Å². The molecule has 0 bridgehead atoms. The second kappa shape index (κ2) is 12.7. The van der Waals surface area contributed by atoms with Crippen LogP contribution in [0, 0.1) is 11.8 Å². The Labute approximate surface area is 281 Å². The molecule has 0 aromatic heterocycles. The number of carbonyl (C=O) groups excluding carboxylic acids is 4. The van der Waals surface area contributed by atoms with Crippen molar-refractivity contribution >= 4 is 24.0 Å². The Kier molecular flexibility index (Phi) is 8.68. The predicted molar refractivity (Wildman–Crippen MR) is 175 cm³/mol. The van der Waals surface area contributed by atoms with E-state index in [1.165, 1.54) is 0 Å². The lowest BCUT2D eigenvalue weighted by molar-refractivity contribution is -0.140. The average Bonchev–Trinajstić information content (AvgIpc) is 3.88. The Morgan fingerprint density at radius 1 is 0.750 bits per heavy atom. The van der Waals surface area contributed by atoms with Crippen LogP contribution >= 0.6 is 0 Å². The van der Waals surface area contributed by atoms with Gasteiger partial charge in [-0.3, -0.25) is 0 Å². The molecule has 0 aromatic rings. The SMILES string of the molecule is C=C1C(=O)O[C@H]2[C@H]1CC/C(CNC(=O)N1CCN(C(=O)NC/C3=C/CC[C@@]4(C)O[C@H]4[C@H]4OC(=O)C(=C)[C@@H]4CC3)CC1)=C\CC[C@@]1(C)O[C@@H]21. The zero-order valence-electron chi connectivity index (χ0n) is 28.1. The highest BCUT2D eigenvalue weighted by Gasteiger charge is 2.62. The smallest absolute Gasteiger partial charge is 0.334 e. The minimum atomic E-state index is -0.333. The van der Waals surface area contributed by atoms with Gasteiger partial charge in [-0.15, -0.1) is 0 Å². The van der Waals surface area contributed by atoms with Crippen molar-refractivity contribution in [2.75, 3.05) is 39.3 Å². The molecule has 7 aliphatic rings. The van der Waals surface area contributed by atoms with Crippen LogP contribution in [-0.2, 0) is 28.5 Å². The van der Waals surface area contributed by atoms with Crippen LogP contribution in [0.15, 0.2) is 47.6 Å². The van der Waals surface area contributed by atoms with Gasteiger partial charge in [0, 0.05) is 62.3 Å². The van der Waals surface area contributed by atoms with E-state index in [2.05, 4.69) is 49.8 Å². The molecular formula is C36H48N4O8. The van der Waals surface area contributed by atoms with Crippen LogP contribution in [0.25, 0.3) is 0 Å². The fourth-order valence-electron chi connectivity index (χ4n) is 8.28. The third kappa shape index (κ3) is 6.41. The molecule has 12 heteroatoms. The number of epoxide rings is 2. The van der Waals surface area contributed by atoms with Crippen LogP contribution < -0.4 is 10.6 Å². The van der Waals surface area contributed by atoms with Crippen LogP contribution in [0.1, 0.15) is 65.2 Å². The van der Waals surface area contributed by atoms with Crippen molar-refractivity contribution in [1.29, 1.82) is 0 Å². The first kappa shape index (κ1) is 32.9. The highest BCUT2D eigenvalue weighted by Crippen LogP contribution is 2.51. The summed E-state index contributed by atoms with van der Waals surface area (Å²) in [5, 5.41) is 6.15. The second-order valence-corrected chi connectivity index (χ2v) is 14.9. The van der Waals surface area contributed by atoms with Crippen LogP contribution in [0.4, 0.5) is 9.59 Å². The lowest BCUT2D eigenvalue weighted by atomic mass is 9.84. The number of nitrogens with one attached hydrogen (secondary N) is 2. The molecule has 0 saturated carbocycles. The van der Waals surface area contributed by atoms with E-state index in [9.17, 15) is 19.2 Å². The number of amides is 4. The number of allylic oxidation sites excluding steroid dienone is 2. The summed E-state index contributed by atoms with van der Waals surface area (Å²) in [7, 11) is 0. The van der Waals surface area contributed by atoms with Crippen LogP contribution in [0.3, 0.4) is 0 Å². The van der Waals surface area contributed by atoms with Gasteiger partial charge in [0.05, 0.1) is 11.2 Å². The maximum Gasteiger partial charge on any atom is 0.334 e. The Hall–Kier alpha value is -3.64. The number of urea groups is 2. The fraction of sp³-hybridized carbons (Fsp3) is 0.667. The molecular weight excluding hydrogens is 616 g/mol. The number of hydrogen-bond donors (Lipinski definition) is 2. The van der Waals surface area contributed by atoms with E-state index in [4.69, 9.17) is 18.9 Å². The Morgan fingerprint density at radius 2 is 1.15 bits per heavy atom. The van der Waals surface area contributed by atoms with Crippen LogP contribution in [0.5, 0.6) is 0 Å². The van der Waals surface area contributed by atoms with E-state index >= 15 is 0 Å². The minimum absolute atomic E-state index is 0.0809. The molecule has 8 atom stereocenters. The third-order valence-corrected chi connectivity index (χ3v) is 11.7. The molecule has 5 aliphatic heterocycles. The molecule has 2 aliphatic carbocycles. The molecule has 7 rings (SSSR count). The van der Waals surface area contributed by atoms with E-state index in [0.29, 0.717) is 50.4 Å². The van der Waals surface area contributed by atoms with E-state index in [-0.39, 0.29) is 71.5 Å².